The van der Waals surface area contributed by atoms with Gasteiger partial charge in [0.25, 0.3) is 0 Å². The molecule has 9 heteroatoms. The van der Waals surface area contributed by atoms with Crippen LogP contribution in [0.3, 0.4) is 0 Å². The highest BCUT2D eigenvalue weighted by atomic mass is 16.5. The van der Waals surface area contributed by atoms with Crippen LogP contribution in [0.4, 0.5) is 5.69 Å². The van der Waals surface area contributed by atoms with E-state index in [4.69, 9.17) is 9.47 Å². The highest BCUT2D eigenvalue weighted by Gasteiger charge is 2.37. The normalized spacial score (nSPS) is 11.0. The van der Waals surface area contributed by atoms with Gasteiger partial charge in [-0.1, -0.05) is 17.7 Å². The van der Waals surface area contributed by atoms with Gasteiger partial charge in [0, 0.05) is 13.2 Å². The molecule has 0 aliphatic heterocycles. The van der Waals surface area contributed by atoms with Gasteiger partial charge in [0.05, 0.1) is 25.0 Å². The lowest BCUT2D eigenvalue weighted by molar-refractivity contribution is -0.157. The Kier molecular flexibility index (Phi) is 8.18. The van der Waals surface area contributed by atoms with Crippen molar-refractivity contribution in [3.05, 3.63) is 42.2 Å². The van der Waals surface area contributed by atoms with Gasteiger partial charge in [-0.2, -0.15) is 5.10 Å². The zero-order valence-electron chi connectivity index (χ0n) is 18.7. The smallest absolute Gasteiger partial charge is 0.321 e. The van der Waals surface area contributed by atoms with E-state index >= 15 is 0 Å². The summed E-state index contributed by atoms with van der Waals surface area (Å²) in [5.74, 6) is -0.517. The molecule has 0 radical (unpaired) electrons. The Balaban J connectivity index is 1.82. The molecule has 1 aromatic heterocycles. The van der Waals surface area contributed by atoms with Gasteiger partial charge in [-0.15, -0.1) is 0 Å². The number of benzene rings is 1. The first kappa shape index (κ1) is 23.9. The molecule has 31 heavy (non-hydrogen) atoms. The summed E-state index contributed by atoms with van der Waals surface area (Å²) in [6, 6.07) is 7.71. The van der Waals surface area contributed by atoms with Gasteiger partial charge in [0.15, 0.2) is 0 Å². The van der Waals surface area contributed by atoms with Gasteiger partial charge < -0.3 is 19.7 Å². The minimum Gasteiger partial charge on any atom is -0.492 e. The Morgan fingerprint density at radius 3 is 2.52 bits per heavy atom. The van der Waals surface area contributed by atoms with Gasteiger partial charge in [-0.05, 0) is 39.8 Å². The van der Waals surface area contributed by atoms with E-state index in [1.807, 2.05) is 31.2 Å². The Morgan fingerprint density at radius 1 is 1.19 bits per heavy atom. The largest absolute Gasteiger partial charge is 0.492 e. The molecule has 0 atom stereocenters. The average molecular weight is 431 g/mol. The lowest BCUT2D eigenvalue weighted by atomic mass is 9.92. The first-order valence-corrected chi connectivity index (χ1v) is 10.1. The molecule has 0 unspecified atom stereocenters. The standard InChI is InChI=1S/C22H30N4O5/c1-6-30-21(29)22(3,4)20(28)24-17-13-23-26(14-17)15-19(27)25(5)11-12-31-18-9-7-16(2)8-10-18/h7-10,13-14H,6,11-12,15H2,1-5H3,(H,24,28). The quantitative estimate of drug-likeness (QED) is 0.458. The van der Waals surface area contributed by atoms with Crippen LogP contribution in [0.15, 0.2) is 36.7 Å². The van der Waals surface area contributed by atoms with Crippen LogP contribution >= 0.6 is 0 Å². The number of hydrogen-bond donors (Lipinski definition) is 1. The van der Waals surface area contributed by atoms with Gasteiger partial charge >= 0.3 is 5.97 Å². The van der Waals surface area contributed by atoms with Crippen LogP contribution < -0.4 is 10.1 Å². The number of hydrogen-bond acceptors (Lipinski definition) is 6. The second-order valence-electron chi connectivity index (χ2n) is 7.70. The third kappa shape index (κ3) is 6.84. The highest BCUT2D eigenvalue weighted by molar-refractivity contribution is 6.08. The summed E-state index contributed by atoms with van der Waals surface area (Å²) in [5.41, 5.74) is 0.199. The fourth-order valence-corrected chi connectivity index (χ4v) is 2.53. The Labute approximate surface area is 182 Å². The van der Waals surface area contributed by atoms with E-state index in [0.29, 0.717) is 18.8 Å². The van der Waals surface area contributed by atoms with E-state index < -0.39 is 17.3 Å². The molecule has 0 aliphatic carbocycles. The van der Waals surface area contributed by atoms with Gasteiger partial charge in [0.2, 0.25) is 11.8 Å². The van der Waals surface area contributed by atoms with Gasteiger partial charge in [-0.25, -0.2) is 0 Å². The van der Waals surface area contributed by atoms with E-state index in [1.54, 1.807) is 18.9 Å². The lowest BCUT2D eigenvalue weighted by Gasteiger charge is -2.20. The maximum Gasteiger partial charge on any atom is 0.321 e. The third-order valence-corrected chi connectivity index (χ3v) is 4.68. The predicted octanol–water partition coefficient (Wildman–Crippen LogP) is 2.26. The monoisotopic (exact) mass is 430 g/mol. The number of nitrogens with one attached hydrogen (secondary N) is 1. The summed E-state index contributed by atoms with van der Waals surface area (Å²) in [6.07, 6.45) is 2.96. The van der Waals surface area contributed by atoms with Crippen molar-refractivity contribution in [3.63, 3.8) is 0 Å². The third-order valence-electron chi connectivity index (χ3n) is 4.68. The number of esters is 1. The van der Waals surface area contributed by atoms with Crippen molar-refractivity contribution in [2.24, 2.45) is 5.41 Å². The zero-order chi connectivity index (χ0) is 23.0. The molecule has 0 saturated carbocycles. The number of aromatic nitrogens is 2. The van der Waals surface area contributed by atoms with Crippen molar-refractivity contribution in [1.82, 2.24) is 14.7 Å². The van der Waals surface area contributed by atoms with Crippen molar-refractivity contribution in [1.29, 1.82) is 0 Å². The van der Waals surface area contributed by atoms with E-state index in [1.165, 1.54) is 30.9 Å². The molecule has 0 saturated heterocycles. The van der Waals surface area contributed by atoms with Crippen molar-refractivity contribution in [3.8, 4) is 5.75 Å². The maximum atomic E-state index is 12.4. The molecule has 0 fully saturated rings. The molecular formula is C22H30N4O5. The van der Waals surface area contributed by atoms with Crippen LogP contribution in [0.5, 0.6) is 5.75 Å². The fraction of sp³-hybridized carbons (Fsp3) is 0.455. The topological polar surface area (TPSA) is 103 Å². The number of nitrogens with zero attached hydrogens (tertiary/aromatic N) is 3. The molecule has 0 spiro atoms. The van der Waals surface area contributed by atoms with E-state index in [9.17, 15) is 14.4 Å². The number of likely N-dealkylation sites (N-methyl/N-ethyl adjacent to an activating group) is 1. The Bertz CT molecular complexity index is 905. The molecule has 1 heterocycles. The van der Waals surface area contributed by atoms with Crippen molar-refractivity contribution < 1.29 is 23.9 Å². The van der Waals surface area contributed by atoms with Crippen LogP contribution in [-0.4, -0.2) is 59.3 Å². The molecule has 1 N–H and O–H groups in total. The summed E-state index contributed by atoms with van der Waals surface area (Å²) in [5, 5.41) is 6.73. The van der Waals surface area contributed by atoms with E-state index in [0.717, 1.165) is 11.3 Å². The van der Waals surface area contributed by atoms with Crippen molar-refractivity contribution in [2.75, 3.05) is 32.1 Å². The van der Waals surface area contributed by atoms with Crippen LogP contribution in [0, 0.1) is 12.3 Å². The van der Waals surface area contributed by atoms with Crippen molar-refractivity contribution >= 4 is 23.5 Å². The second-order valence-corrected chi connectivity index (χ2v) is 7.70. The summed E-state index contributed by atoms with van der Waals surface area (Å²) < 4.78 is 12.0. The van der Waals surface area contributed by atoms with E-state index in [-0.39, 0.29) is 19.1 Å². The van der Waals surface area contributed by atoms with E-state index in [2.05, 4.69) is 10.4 Å². The second kappa shape index (κ2) is 10.6. The number of rotatable bonds is 10. The fourth-order valence-electron chi connectivity index (χ4n) is 2.53. The van der Waals surface area contributed by atoms with Gasteiger partial charge in [-0.3, -0.25) is 19.1 Å². The molecule has 9 nitrogen and oxygen atoms in total. The SMILES string of the molecule is CCOC(=O)C(C)(C)C(=O)Nc1cnn(CC(=O)N(C)CCOc2ccc(C)cc2)c1. The molecule has 168 valence electrons. The minimum atomic E-state index is -1.34. The maximum absolute atomic E-state index is 12.4. The number of aryl methyl sites for hydroxylation is 1. The van der Waals surface area contributed by atoms with Crippen LogP contribution in [0.2, 0.25) is 0 Å². The predicted molar refractivity (Wildman–Crippen MR) is 116 cm³/mol. The Morgan fingerprint density at radius 2 is 1.87 bits per heavy atom. The molecular weight excluding hydrogens is 400 g/mol. The number of carbonyl (C=O) groups excluding carboxylic acids is 3. The number of anilines is 1. The first-order valence-electron chi connectivity index (χ1n) is 10.1. The minimum absolute atomic E-state index is 0.0121. The van der Waals surface area contributed by atoms with Crippen LogP contribution in [0.25, 0.3) is 0 Å². The lowest BCUT2D eigenvalue weighted by Crippen LogP contribution is -2.39. The van der Waals surface area contributed by atoms with Crippen LogP contribution in [0.1, 0.15) is 26.3 Å². The first-order chi connectivity index (χ1) is 14.6. The number of carbonyl (C=O) groups is 3. The molecule has 1 aromatic carbocycles. The number of amides is 2. The summed E-state index contributed by atoms with van der Waals surface area (Å²) in [6.45, 7) is 7.66. The number of ether oxygens (including phenoxy) is 2. The highest BCUT2D eigenvalue weighted by Crippen LogP contribution is 2.20. The molecule has 2 aromatic rings. The summed E-state index contributed by atoms with van der Waals surface area (Å²) >= 11 is 0. The summed E-state index contributed by atoms with van der Waals surface area (Å²) in [7, 11) is 1.69. The molecule has 0 aliphatic rings. The summed E-state index contributed by atoms with van der Waals surface area (Å²) in [4.78, 5) is 38.3. The van der Waals surface area contributed by atoms with Gasteiger partial charge in [0.1, 0.15) is 24.3 Å². The Hall–Kier alpha value is -3.36. The zero-order valence-corrected chi connectivity index (χ0v) is 18.7. The molecule has 0 bridgehead atoms. The van der Waals surface area contributed by atoms with Crippen molar-refractivity contribution in [2.45, 2.75) is 34.2 Å². The average Bonchev–Trinajstić information content (AvgIpc) is 3.16. The van der Waals surface area contributed by atoms with Crippen LogP contribution in [-0.2, 0) is 25.7 Å². The molecule has 2 rings (SSSR count). The molecule has 2 amide bonds.